The molecule has 0 unspecified atom stereocenters. The summed E-state index contributed by atoms with van der Waals surface area (Å²) < 4.78 is 67.7. The van der Waals surface area contributed by atoms with Crippen LogP contribution in [0.1, 0.15) is 41.6 Å². The van der Waals surface area contributed by atoms with Gasteiger partial charge in [-0.2, -0.15) is 18.3 Å². The second kappa shape index (κ2) is 12.9. The van der Waals surface area contributed by atoms with Crippen LogP contribution in [-0.4, -0.2) is 58.9 Å². The highest BCUT2D eigenvalue weighted by atomic mass is 35.5. The van der Waals surface area contributed by atoms with E-state index in [0.29, 0.717) is 48.9 Å². The number of nitrogens with two attached hydrogens (primary N) is 1. The number of allylic oxidation sites excluding steroid dienone is 4. The number of aromatic nitrogens is 3. The number of ether oxygens (including phenoxy) is 2. The number of halogens is 5. The van der Waals surface area contributed by atoms with Gasteiger partial charge in [-0.1, -0.05) is 11.6 Å². The molecule has 43 heavy (non-hydrogen) atoms. The average molecular weight is 624 g/mol. The zero-order valence-corrected chi connectivity index (χ0v) is 24.0. The van der Waals surface area contributed by atoms with Crippen LogP contribution in [0.15, 0.2) is 42.1 Å². The second-order valence-electron chi connectivity index (χ2n) is 10.1. The molecular formula is C28H30ClF4N7O3. The first-order valence-corrected chi connectivity index (χ1v) is 13.9. The molecule has 4 N–H and O–H groups in total. The molecule has 0 spiro atoms. The summed E-state index contributed by atoms with van der Waals surface area (Å²) in [6.07, 6.45) is -0.660. The van der Waals surface area contributed by atoms with E-state index >= 15 is 4.39 Å². The molecule has 230 valence electrons. The Bertz CT molecular complexity index is 1580. The minimum absolute atomic E-state index is 0.0323. The molecule has 3 heterocycles. The van der Waals surface area contributed by atoms with E-state index in [9.17, 15) is 18.0 Å². The van der Waals surface area contributed by atoms with Crippen LogP contribution in [0.3, 0.4) is 0 Å². The van der Waals surface area contributed by atoms with Crippen molar-refractivity contribution >= 4 is 40.2 Å². The number of rotatable bonds is 7. The summed E-state index contributed by atoms with van der Waals surface area (Å²) in [4.78, 5) is 19.0. The number of hydrogen-bond donors (Lipinski definition) is 3. The fourth-order valence-corrected chi connectivity index (χ4v) is 5.46. The lowest BCUT2D eigenvalue weighted by Crippen LogP contribution is -2.29. The molecule has 2 aliphatic rings. The van der Waals surface area contributed by atoms with Gasteiger partial charge in [-0.3, -0.25) is 4.90 Å². The van der Waals surface area contributed by atoms with E-state index in [1.165, 1.54) is 12.4 Å². The van der Waals surface area contributed by atoms with Crippen LogP contribution in [0, 0.1) is 0 Å². The van der Waals surface area contributed by atoms with Crippen LogP contribution in [-0.2, 0) is 28.8 Å². The predicted octanol–water partition coefficient (Wildman–Crippen LogP) is 5.53. The summed E-state index contributed by atoms with van der Waals surface area (Å²) in [5.41, 5.74) is 8.49. The normalized spacial score (nSPS) is 16.7. The average Bonchev–Trinajstić information content (AvgIpc) is 3.08. The van der Waals surface area contributed by atoms with Crippen LogP contribution in [0.25, 0.3) is 11.1 Å². The minimum atomic E-state index is -4.63. The number of methoxy groups -OCH3 is 1. The third-order valence-electron chi connectivity index (χ3n) is 7.30. The fourth-order valence-electron chi connectivity index (χ4n) is 5.30. The van der Waals surface area contributed by atoms with Gasteiger partial charge >= 0.3 is 12.2 Å². The largest absolute Gasteiger partial charge is 0.416 e. The maximum Gasteiger partial charge on any atom is 0.416 e. The standard InChI is InChI=1S/C28H30ClF4N7O3/c1-42-14-18-23(13-39-7-2-9-43-10-8-39)40-25(26(34)35-15-36-40)24(18)16-3-6-21(20(30)11-16)37-27(41)38-22-12-17(28(31,32)33)4-5-19(22)29/h4-5,11-12,15H,2-3,6-10,13-14H2,1H3,(H2,34,35,36)(H2,37,38,41). The number of carbonyl (C=O) groups is 1. The summed E-state index contributed by atoms with van der Waals surface area (Å²) in [7, 11) is 1.57. The van der Waals surface area contributed by atoms with Crippen molar-refractivity contribution in [2.75, 3.05) is 44.5 Å². The Morgan fingerprint density at radius 2 is 2.02 bits per heavy atom. The quantitative estimate of drug-likeness (QED) is 0.296. The first-order valence-electron chi connectivity index (χ1n) is 13.5. The van der Waals surface area contributed by atoms with Crippen LogP contribution >= 0.6 is 11.6 Å². The summed E-state index contributed by atoms with van der Waals surface area (Å²) in [6.45, 7) is 3.62. The van der Waals surface area contributed by atoms with E-state index in [0.717, 1.165) is 42.9 Å². The van der Waals surface area contributed by atoms with Gasteiger partial charge in [-0.25, -0.2) is 18.7 Å². The van der Waals surface area contributed by atoms with E-state index in [1.807, 2.05) is 0 Å². The highest BCUT2D eigenvalue weighted by Gasteiger charge is 2.31. The molecule has 2 aromatic heterocycles. The van der Waals surface area contributed by atoms with Crippen LogP contribution < -0.4 is 16.4 Å². The third kappa shape index (κ3) is 6.77. The van der Waals surface area contributed by atoms with Crippen LogP contribution in [0.5, 0.6) is 0 Å². The summed E-state index contributed by atoms with van der Waals surface area (Å²) in [5.74, 6) is -0.491. The van der Waals surface area contributed by atoms with Gasteiger partial charge in [0.1, 0.15) is 17.7 Å². The van der Waals surface area contributed by atoms with Gasteiger partial charge in [0.05, 0.1) is 40.9 Å². The smallest absolute Gasteiger partial charge is 0.382 e. The Morgan fingerprint density at radius 1 is 1.21 bits per heavy atom. The highest BCUT2D eigenvalue weighted by molar-refractivity contribution is 6.33. The minimum Gasteiger partial charge on any atom is -0.382 e. The number of alkyl halides is 3. The maximum absolute atomic E-state index is 15.5. The molecule has 1 aliphatic carbocycles. The fraction of sp³-hybridized carbons (Fsp3) is 0.393. The van der Waals surface area contributed by atoms with Crippen molar-refractivity contribution in [3.05, 3.63) is 69.5 Å². The topological polar surface area (TPSA) is 119 Å². The second-order valence-corrected chi connectivity index (χ2v) is 10.6. The molecule has 1 saturated heterocycles. The van der Waals surface area contributed by atoms with Gasteiger partial charge in [0.25, 0.3) is 0 Å². The van der Waals surface area contributed by atoms with Crippen LogP contribution in [0.2, 0.25) is 5.02 Å². The molecule has 0 atom stereocenters. The third-order valence-corrected chi connectivity index (χ3v) is 7.63. The number of fused-ring (bicyclic) bond motifs is 1. The van der Waals surface area contributed by atoms with Crippen LogP contribution in [0.4, 0.5) is 33.9 Å². The van der Waals surface area contributed by atoms with E-state index in [2.05, 4.69) is 25.6 Å². The molecule has 3 aromatic rings. The number of nitrogen functional groups attached to an aromatic ring is 1. The molecule has 5 rings (SSSR count). The van der Waals surface area contributed by atoms with E-state index in [4.69, 9.17) is 26.8 Å². The Labute approximate surface area is 249 Å². The van der Waals surface area contributed by atoms with Crippen molar-refractivity contribution in [2.24, 2.45) is 0 Å². The van der Waals surface area contributed by atoms with Crippen molar-refractivity contribution < 1.29 is 31.8 Å². The molecule has 1 aliphatic heterocycles. The number of nitrogens with zero attached hydrogens (tertiary/aromatic N) is 4. The lowest BCUT2D eigenvalue weighted by Gasteiger charge is -2.20. The monoisotopic (exact) mass is 623 g/mol. The van der Waals surface area contributed by atoms with E-state index in [1.54, 1.807) is 11.6 Å². The molecule has 15 heteroatoms. The van der Waals surface area contributed by atoms with Gasteiger partial charge < -0.3 is 25.8 Å². The van der Waals surface area contributed by atoms with E-state index < -0.39 is 23.6 Å². The summed E-state index contributed by atoms with van der Waals surface area (Å²) in [6, 6.07) is 1.61. The number of hydrogen-bond acceptors (Lipinski definition) is 7. The molecule has 0 radical (unpaired) electrons. The molecule has 1 fully saturated rings. The van der Waals surface area contributed by atoms with Crippen molar-refractivity contribution in [2.45, 2.75) is 38.6 Å². The molecule has 2 amide bonds. The lowest BCUT2D eigenvalue weighted by molar-refractivity contribution is -0.137. The van der Waals surface area contributed by atoms with E-state index in [-0.39, 0.29) is 35.3 Å². The van der Waals surface area contributed by atoms with Crippen molar-refractivity contribution in [3.63, 3.8) is 0 Å². The van der Waals surface area contributed by atoms with Gasteiger partial charge in [0, 0.05) is 44.5 Å². The number of urea groups is 1. The van der Waals surface area contributed by atoms with Gasteiger partial charge in [0.15, 0.2) is 5.82 Å². The van der Waals surface area contributed by atoms with Crippen molar-refractivity contribution in [3.8, 4) is 0 Å². The highest BCUT2D eigenvalue weighted by Crippen LogP contribution is 2.39. The zero-order chi connectivity index (χ0) is 30.7. The van der Waals surface area contributed by atoms with Gasteiger partial charge in [0.2, 0.25) is 0 Å². The maximum atomic E-state index is 15.5. The van der Waals surface area contributed by atoms with Gasteiger partial charge in [-0.05, 0) is 49.1 Å². The summed E-state index contributed by atoms with van der Waals surface area (Å²) in [5, 5.41) is 9.03. The number of amides is 2. The zero-order valence-electron chi connectivity index (χ0n) is 23.2. The molecule has 1 aromatic carbocycles. The number of benzene rings is 1. The van der Waals surface area contributed by atoms with Crippen molar-refractivity contribution in [1.29, 1.82) is 0 Å². The Hall–Kier alpha value is -3.72. The molecule has 0 bridgehead atoms. The first kappa shape index (κ1) is 30.7. The summed E-state index contributed by atoms with van der Waals surface area (Å²) >= 11 is 5.97. The Morgan fingerprint density at radius 3 is 2.77 bits per heavy atom. The molecule has 0 saturated carbocycles. The Kier molecular flexibility index (Phi) is 9.20. The lowest BCUT2D eigenvalue weighted by atomic mass is 9.92. The molecule has 10 nitrogen and oxygen atoms in total. The number of nitrogens with one attached hydrogen (secondary N) is 2. The number of anilines is 2. The predicted molar refractivity (Wildman–Crippen MR) is 153 cm³/mol. The molecular weight excluding hydrogens is 594 g/mol. The Balaban J connectivity index is 1.45. The number of carbonyl (C=O) groups excluding carboxylic acids is 1. The van der Waals surface area contributed by atoms with Crippen molar-refractivity contribution in [1.82, 2.24) is 24.8 Å². The van der Waals surface area contributed by atoms with Gasteiger partial charge in [-0.15, -0.1) is 0 Å². The SMILES string of the molecule is COCc1c(C2=CC(F)=C(NC(=O)Nc3cc(C(F)(F)F)ccc3Cl)CC2)c2c(N)ncnn2c1CN1CCCOCC1. The first-order chi connectivity index (χ1) is 20.6.